The van der Waals surface area contributed by atoms with Crippen molar-refractivity contribution in [3.63, 3.8) is 0 Å². The summed E-state index contributed by atoms with van der Waals surface area (Å²) in [4.78, 5) is 3.92. The number of halogens is 2. The summed E-state index contributed by atoms with van der Waals surface area (Å²) in [5.74, 6) is 0.720. The Morgan fingerprint density at radius 3 is 2.05 bits per heavy atom. The lowest BCUT2D eigenvalue weighted by molar-refractivity contribution is -0.162. The molecule has 1 spiro atoms. The van der Waals surface area contributed by atoms with Gasteiger partial charge in [-0.05, 0) is 37.0 Å². The van der Waals surface area contributed by atoms with E-state index in [-0.39, 0.29) is 6.04 Å². The first kappa shape index (κ1) is 19.8. The van der Waals surface area contributed by atoms with Crippen molar-refractivity contribution in [2.75, 3.05) is 26.2 Å². The molecule has 0 atom stereocenters. The predicted octanol–water partition coefficient (Wildman–Crippen LogP) is 4.85. The maximum absolute atomic E-state index is 13.6. The number of likely N-dealkylation sites (tertiary alicyclic amines) is 1. The van der Waals surface area contributed by atoms with Gasteiger partial charge in [-0.15, -0.1) is 0 Å². The molecule has 1 aliphatic heterocycles. The summed E-state index contributed by atoms with van der Waals surface area (Å²) in [6.45, 7) is 15.4. The molecule has 1 saturated heterocycles. The number of rotatable bonds is 5. The number of nitrogens with zero attached hydrogens (tertiary/aromatic N) is 2. The van der Waals surface area contributed by atoms with Crippen LogP contribution in [-0.4, -0.2) is 48.1 Å². The molecular weight excluding hydrogens is 282 g/mol. The van der Waals surface area contributed by atoms with E-state index in [4.69, 9.17) is 0 Å². The minimum atomic E-state index is -2.67. The van der Waals surface area contributed by atoms with Gasteiger partial charge in [-0.2, -0.15) is 8.78 Å². The molecule has 2 nitrogen and oxygen atoms in total. The maximum Gasteiger partial charge on any atom is 0.302 e. The van der Waals surface area contributed by atoms with Gasteiger partial charge < -0.3 is 4.90 Å². The van der Waals surface area contributed by atoms with Crippen LogP contribution in [0, 0.1) is 11.3 Å². The predicted molar refractivity (Wildman–Crippen MR) is 90.3 cm³/mol. The summed E-state index contributed by atoms with van der Waals surface area (Å²) in [6, 6.07) is -2.60. The molecule has 2 rings (SSSR count). The Kier molecular flexibility index (Phi) is 7.25. The van der Waals surface area contributed by atoms with Crippen LogP contribution >= 0.6 is 0 Å². The average molecular weight is 318 g/mol. The summed E-state index contributed by atoms with van der Waals surface area (Å²) < 4.78 is 27.2. The highest BCUT2D eigenvalue weighted by Crippen LogP contribution is 2.45. The van der Waals surface area contributed by atoms with Crippen molar-refractivity contribution < 1.29 is 8.78 Å². The fraction of sp³-hybridized carbons (Fsp3) is 1.00. The summed E-state index contributed by atoms with van der Waals surface area (Å²) in [7, 11) is 0. The topological polar surface area (TPSA) is 6.48 Å². The second-order valence-electron chi connectivity index (χ2n) is 7.42. The van der Waals surface area contributed by atoms with Crippen molar-refractivity contribution in [1.29, 1.82) is 0 Å². The molecule has 0 unspecified atom stereocenters. The van der Waals surface area contributed by atoms with E-state index in [9.17, 15) is 8.78 Å². The van der Waals surface area contributed by atoms with E-state index in [0.29, 0.717) is 12.0 Å². The van der Waals surface area contributed by atoms with Gasteiger partial charge in [0.25, 0.3) is 0 Å². The van der Waals surface area contributed by atoms with Crippen LogP contribution in [0.5, 0.6) is 0 Å². The van der Waals surface area contributed by atoms with E-state index < -0.39 is 6.05 Å². The molecular formula is C18H36F2N2. The zero-order valence-corrected chi connectivity index (χ0v) is 15.5. The van der Waals surface area contributed by atoms with Crippen LogP contribution in [0.1, 0.15) is 67.2 Å². The molecule has 22 heavy (non-hydrogen) atoms. The van der Waals surface area contributed by atoms with Crippen LogP contribution in [0.4, 0.5) is 8.78 Å². The molecule has 0 aromatic carbocycles. The van der Waals surface area contributed by atoms with Gasteiger partial charge in [0.05, 0.1) is 0 Å². The van der Waals surface area contributed by atoms with Gasteiger partial charge >= 0.3 is 6.05 Å². The zero-order valence-electron chi connectivity index (χ0n) is 15.5. The van der Waals surface area contributed by atoms with Crippen molar-refractivity contribution in [3.8, 4) is 0 Å². The van der Waals surface area contributed by atoms with Crippen molar-refractivity contribution >= 4 is 0 Å². The molecule has 0 radical (unpaired) electrons. The van der Waals surface area contributed by atoms with Gasteiger partial charge in [-0.25, -0.2) is 4.90 Å². The highest BCUT2D eigenvalue weighted by molar-refractivity contribution is 4.99. The quantitative estimate of drug-likeness (QED) is 0.669. The molecule has 1 aliphatic carbocycles. The lowest BCUT2D eigenvalue weighted by Crippen LogP contribution is -2.60. The van der Waals surface area contributed by atoms with Crippen LogP contribution in [0.3, 0.4) is 0 Å². The molecule has 0 aromatic heterocycles. The van der Waals surface area contributed by atoms with Crippen molar-refractivity contribution in [2.45, 2.75) is 79.3 Å². The summed E-state index contributed by atoms with van der Waals surface area (Å²) in [6.07, 6.45) is 4.12. The van der Waals surface area contributed by atoms with E-state index in [1.54, 1.807) is 0 Å². The van der Waals surface area contributed by atoms with Crippen molar-refractivity contribution in [1.82, 2.24) is 9.80 Å². The Hall–Kier alpha value is -0.220. The third-order valence-electron chi connectivity index (χ3n) is 5.04. The maximum atomic E-state index is 13.6. The Labute approximate surface area is 136 Å². The molecule has 132 valence electrons. The molecule has 2 fully saturated rings. The first-order chi connectivity index (χ1) is 10.3. The van der Waals surface area contributed by atoms with Crippen LogP contribution in [-0.2, 0) is 0 Å². The van der Waals surface area contributed by atoms with Gasteiger partial charge in [0.1, 0.15) is 0 Å². The summed E-state index contributed by atoms with van der Waals surface area (Å²) in [5, 5.41) is 0. The van der Waals surface area contributed by atoms with Gasteiger partial charge in [0, 0.05) is 39.1 Å². The largest absolute Gasteiger partial charge is 0.302 e. The molecule has 4 heteroatoms. The molecule has 1 saturated carbocycles. The lowest BCUT2D eigenvalue weighted by Gasteiger charge is -2.55. The highest BCUT2D eigenvalue weighted by atomic mass is 19.3. The van der Waals surface area contributed by atoms with Crippen LogP contribution in [0.15, 0.2) is 0 Å². The third kappa shape index (κ3) is 4.89. The highest BCUT2D eigenvalue weighted by Gasteiger charge is 2.47. The first-order valence-corrected chi connectivity index (χ1v) is 9.13. The SMILES string of the molecule is CC.CCN(C1CCC2(CC1)CN(CC(C)C)C2)C(C)(F)F. The summed E-state index contributed by atoms with van der Waals surface area (Å²) >= 11 is 0. The fourth-order valence-electron chi connectivity index (χ4n) is 4.25. The van der Waals surface area contributed by atoms with E-state index in [2.05, 4.69) is 18.7 Å². The minimum Gasteiger partial charge on any atom is -0.302 e. The third-order valence-corrected chi connectivity index (χ3v) is 5.04. The zero-order chi connectivity index (χ0) is 17.0. The van der Waals surface area contributed by atoms with E-state index in [1.165, 1.54) is 24.5 Å². The molecule has 0 amide bonds. The van der Waals surface area contributed by atoms with Gasteiger partial charge in [0.15, 0.2) is 0 Å². The molecule has 0 aromatic rings. The molecule has 0 bridgehead atoms. The van der Waals surface area contributed by atoms with Crippen LogP contribution in [0.2, 0.25) is 0 Å². The Balaban J connectivity index is 0.00000116. The Bertz CT molecular complexity index is 310. The standard InChI is InChI=1S/C16H30F2N2.C2H6/c1-5-20(15(4,17)18)14-6-8-16(9-7-14)11-19(12-16)10-13(2)3;1-2/h13-14H,5-12H2,1-4H3;1-2H3. The number of alkyl halides is 2. The number of hydrogen-bond donors (Lipinski definition) is 0. The smallest absolute Gasteiger partial charge is 0.302 e. The second kappa shape index (κ2) is 8.05. The first-order valence-electron chi connectivity index (χ1n) is 9.13. The molecule has 0 N–H and O–H groups in total. The van der Waals surface area contributed by atoms with E-state index >= 15 is 0 Å². The fourth-order valence-corrected chi connectivity index (χ4v) is 4.25. The summed E-state index contributed by atoms with van der Waals surface area (Å²) in [5.41, 5.74) is 0.452. The average Bonchev–Trinajstić information content (AvgIpc) is 2.40. The van der Waals surface area contributed by atoms with Crippen LogP contribution < -0.4 is 0 Å². The number of hydrogen-bond acceptors (Lipinski definition) is 2. The Morgan fingerprint density at radius 1 is 1.18 bits per heavy atom. The lowest BCUT2D eigenvalue weighted by atomic mass is 9.67. The Morgan fingerprint density at radius 2 is 1.68 bits per heavy atom. The van der Waals surface area contributed by atoms with Crippen molar-refractivity contribution in [2.24, 2.45) is 11.3 Å². The molecule has 1 heterocycles. The second-order valence-corrected chi connectivity index (χ2v) is 7.42. The minimum absolute atomic E-state index is 0.0739. The monoisotopic (exact) mass is 318 g/mol. The normalized spacial score (nSPS) is 22.6. The molecule has 2 aliphatic rings. The van der Waals surface area contributed by atoms with Crippen LogP contribution in [0.25, 0.3) is 0 Å². The van der Waals surface area contributed by atoms with Crippen molar-refractivity contribution in [3.05, 3.63) is 0 Å². The van der Waals surface area contributed by atoms with E-state index in [1.807, 2.05) is 20.8 Å². The van der Waals surface area contributed by atoms with Gasteiger partial charge in [0.2, 0.25) is 0 Å². The van der Waals surface area contributed by atoms with E-state index in [0.717, 1.165) is 38.5 Å². The van der Waals surface area contributed by atoms with Gasteiger partial charge in [-0.1, -0.05) is 34.6 Å². The van der Waals surface area contributed by atoms with Gasteiger partial charge in [-0.3, -0.25) is 0 Å².